The predicted octanol–water partition coefficient (Wildman–Crippen LogP) is 9.72. The topological polar surface area (TPSA) is 49.9 Å². The number of hydrogen-bond acceptors (Lipinski definition) is 4. The van der Waals surface area contributed by atoms with Crippen LogP contribution >= 0.6 is 11.6 Å². The van der Waals surface area contributed by atoms with E-state index in [-0.39, 0.29) is 5.29 Å². The Balaban J connectivity index is 1.17. The van der Waals surface area contributed by atoms with Gasteiger partial charge in [0, 0.05) is 21.9 Å². The largest absolute Gasteiger partial charge is 0.456 e. The molecule has 1 unspecified atom stereocenters. The van der Waals surface area contributed by atoms with Crippen molar-refractivity contribution in [3.63, 3.8) is 0 Å². The molecule has 4 nitrogen and oxygen atoms in total. The first-order valence-corrected chi connectivity index (χ1v) is 14.3. The van der Waals surface area contributed by atoms with Crippen molar-refractivity contribution in [1.29, 1.82) is 0 Å². The van der Waals surface area contributed by atoms with Crippen LogP contribution in [0, 0.1) is 0 Å². The maximum absolute atomic E-state index is 6.53. The molecule has 0 saturated carbocycles. The van der Waals surface area contributed by atoms with Gasteiger partial charge in [-0.25, -0.2) is 9.98 Å². The van der Waals surface area contributed by atoms with Crippen LogP contribution in [0.2, 0.25) is 0 Å². The first-order chi connectivity index (χ1) is 20.7. The fourth-order valence-electron chi connectivity index (χ4n) is 5.87. The molecular weight excluding hydrogens is 538 g/mol. The number of furan rings is 1. The minimum atomic E-state index is -0.438. The number of hydrogen-bond donors (Lipinski definition) is 1. The molecule has 5 heteroatoms. The highest BCUT2D eigenvalue weighted by Crippen LogP contribution is 2.35. The molecule has 0 amide bonds. The van der Waals surface area contributed by atoms with Crippen molar-refractivity contribution in [1.82, 2.24) is 5.32 Å². The summed E-state index contributed by atoms with van der Waals surface area (Å²) < 4.78 is 6.27. The molecule has 1 atom stereocenters. The van der Waals surface area contributed by atoms with Gasteiger partial charge in [0.25, 0.3) is 0 Å². The summed E-state index contributed by atoms with van der Waals surface area (Å²) in [4.78, 5) is 9.21. The van der Waals surface area contributed by atoms with Gasteiger partial charge in [-0.3, -0.25) is 0 Å². The summed E-state index contributed by atoms with van der Waals surface area (Å²) in [7, 11) is 0. The van der Waals surface area contributed by atoms with E-state index in [9.17, 15) is 0 Å². The molecule has 8 rings (SSSR count). The SMILES string of the molecule is ClC1=NC(c2cccc3c2oc2ccccc23)NC(c2cccc(-c3ccc4cccc(-c5ccccc5)c4c3)c2)=N1. The number of rotatable bonds is 4. The highest BCUT2D eigenvalue weighted by atomic mass is 35.5. The molecular formula is C37H24ClN3O. The molecule has 0 aliphatic carbocycles. The lowest BCUT2D eigenvalue weighted by atomic mass is 9.94. The number of nitrogens with zero attached hydrogens (tertiary/aromatic N) is 2. The van der Waals surface area contributed by atoms with Crippen LogP contribution in [0.3, 0.4) is 0 Å². The predicted molar refractivity (Wildman–Crippen MR) is 174 cm³/mol. The summed E-state index contributed by atoms with van der Waals surface area (Å²) in [6.07, 6.45) is -0.438. The third-order valence-corrected chi connectivity index (χ3v) is 8.06. The zero-order valence-electron chi connectivity index (χ0n) is 22.5. The van der Waals surface area contributed by atoms with Gasteiger partial charge in [0.2, 0.25) is 5.29 Å². The van der Waals surface area contributed by atoms with Gasteiger partial charge in [0.15, 0.2) is 6.17 Å². The zero-order valence-corrected chi connectivity index (χ0v) is 23.2. The molecule has 7 aromatic rings. The number of fused-ring (bicyclic) bond motifs is 4. The molecule has 1 aliphatic heterocycles. The molecule has 1 N–H and O–H groups in total. The van der Waals surface area contributed by atoms with E-state index in [4.69, 9.17) is 16.0 Å². The van der Waals surface area contributed by atoms with E-state index in [2.05, 4.69) is 106 Å². The summed E-state index contributed by atoms with van der Waals surface area (Å²) in [5.41, 5.74) is 8.13. The van der Waals surface area contributed by atoms with Gasteiger partial charge >= 0.3 is 0 Å². The molecule has 0 fully saturated rings. The Labute approximate surface area is 247 Å². The third kappa shape index (κ3) is 4.25. The quantitative estimate of drug-likeness (QED) is 0.217. The van der Waals surface area contributed by atoms with Crippen molar-refractivity contribution in [3.05, 3.63) is 145 Å². The van der Waals surface area contributed by atoms with E-state index < -0.39 is 6.17 Å². The number of aliphatic imine (C=N–C) groups is 2. The van der Waals surface area contributed by atoms with Crippen molar-refractivity contribution in [2.45, 2.75) is 6.17 Å². The Kier molecular flexibility index (Phi) is 5.87. The van der Waals surface area contributed by atoms with Crippen LogP contribution in [0.25, 0.3) is 55.0 Å². The van der Waals surface area contributed by atoms with Gasteiger partial charge < -0.3 is 9.73 Å². The first kappa shape index (κ1) is 24.6. The lowest BCUT2D eigenvalue weighted by Gasteiger charge is -2.22. The number of benzene rings is 6. The van der Waals surface area contributed by atoms with E-state index in [0.717, 1.165) is 44.2 Å². The number of nitrogens with one attached hydrogen (secondary N) is 1. The maximum atomic E-state index is 6.53. The Hall–Kier alpha value is -5.19. The summed E-state index contributed by atoms with van der Waals surface area (Å²) in [5, 5.41) is 8.26. The lowest BCUT2D eigenvalue weighted by molar-refractivity contribution is 0.629. The van der Waals surface area contributed by atoms with E-state index in [1.54, 1.807) is 0 Å². The Morgan fingerprint density at radius 1 is 0.595 bits per heavy atom. The standard InChI is InChI=1S/C37H24ClN3O/c38-37-40-35(39-36(41-37)31-17-8-16-30-29-14-4-5-18-33(29)42-34(30)31)27-13-6-12-25(21-27)26-20-19-24-11-7-15-28(32(24)22-26)23-9-2-1-3-10-23/h1-22,36H,(H,39,40,41). The maximum Gasteiger partial charge on any atom is 0.222 e. The van der Waals surface area contributed by atoms with Gasteiger partial charge in [-0.05, 0) is 62.8 Å². The van der Waals surface area contributed by atoms with Crippen LogP contribution in [0.4, 0.5) is 0 Å². The highest BCUT2D eigenvalue weighted by Gasteiger charge is 2.23. The van der Waals surface area contributed by atoms with Crippen LogP contribution in [-0.4, -0.2) is 11.1 Å². The second-order valence-electron chi connectivity index (χ2n) is 10.4. The number of amidine groups is 2. The molecule has 1 aliphatic rings. The minimum absolute atomic E-state index is 0.200. The molecule has 0 radical (unpaired) electrons. The monoisotopic (exact) mass is 561 g/mol. The average molecular weight is 562 g/mol. The molecule has 6 aromatic carbocycles. The Bertz CT molecular complexity index is 2200. The van der Waals surface area contributed by atoms with Crippen molar-refractivity contribution >= 4 is 55.4 Å². The van der Waals surface area contributed by atoms with Crippen LogP contribution in [-0.2, 0) is 0 Å². The van der Waals surface area contributed by atoms with Crippen LogP contribution in [0.5, 0.6) is 0 Å². The van der Waals surface area contributed by atoms with Crippen LogP contribution in [0.1, 0.15) is 17.3 Å². The van der Waals surface area contributed by atoms with Gasteiger partial charge in [-0.15, -0.1) is 0 Å². The normalized spacial score (nSPS) is 15.0. The fraction of sp³-hybridized carbons (Fsp3) is 0.0270. The van der Waals surface area contributed by atoms with Gasteiger partial charge in [0.05, 0.1) is 0 Å². The van der Waals surface area contributed by atoms with Crippen molar-refractivity contribution in [2.75, 3.05) is 0 Å². The van der Waals surface area contributed by atoms with Crippen molar-refractivity contribution < 1.29 is 4.42 Å². The smallest absolute Gasteiger partial charge is 0.222 e. The molecule has 200 valence electrons. The van der Waals surface area contributed by atoms with Gasteiger partial charge in [-0.1, -0.05) is 115 Å². The molecule has 0 saturated heterocycles. The Morgan fingerprint density at radius 2 is 1.33 bits per heavy atom. The fourth-order valence-corrected chi connectivity index (χ4v) is 6.05. The summed E-state index contributed by atoms with van der Waals surface area (Å²) in [5.74, 6) is 0.667. The van der Waals surface area contributed by atoms with Crippen molar-refractivity contribution in [3.8, 4) is 22.3 Å². The molecule has 42 heavy (non-hydrogen) atoms. The first-order valence-electron chi connectivity index (χ1n) is 13.9. The van der Waals surface area contributed by atoms with Crippen molar-refractivity contribution in [2.24, 2.45) is 9.98 Å². The van der Waals surface area contributed by atoms with Crippen LogP contribution < -0.4 is 5.32 Å². The number of halogens is 1. The van der Waals surface area contributed by atoms with E-state index in [0.29, 0.717) is 5.84 Å². The van der Waals surface area contributed by atoms with Gasteiger partial charge in [-0.2, -0.15) is 0 Å². The molecule has 1 aromatic heterocycles. The molecule has 0 bridgehead atoms. The molecule has 2 heterocycles. The number of para-hydroxylation sites is 2. The van der Waals surface area contributed by atoms with E-state index >= 15 is 0 Å². The third-order valence-electron chi connectivity index (χ3n) is 7.88. The summed E-state index contributed by atoms with van der Waals surface area (Å²) in [6, 6.07) is 46.2. The second-order valence-corrected chi connectivity index (χ2v) is 10.8. The second kappa shape index (κ2) is 10.0. The van der Waals surface area contributed by atoms with E-state index in [1.807, 2.05) is 42.5 Å². The lowest BCUT2D eigenvalue weighted by Crippen LogP contribution is -2.32. The minimum Gasteiger partial charge on any atom is -0.456 e. The molecule has 0 spiro atoms. The van der Waals surface area contributed by atoms with E-state index in [1.165, 1.54) is 21.9 Å². The van der Waals surface area contributed by atoms with Gasteiger partial charge in [0.1, 0.15) is 17.0 Å². The zero-order chi connectivity index (χ0) is 28.0. The van der Waals surface area contributed by atoms with Crippen LogP contribution in [0.15, 0.2) is 148 Å². The average Bonchev–Trinajstić information content (AvgIpc) is 3.43. The Morgan fingerprint density at radius 3 is 2.26 bits per heavy atom. The summed E-state index contributed by atoms with van der Waals surface area (Å²) >= 11 is 6.53. The highest BCUT2D eigenvalue weighted by molar-refractivity contribution is 6.66. The summed E-state index contributed by atoms with van der Waals surface area (Å²) in [6.45, 7) is 0.